The second-order valence-electron chi connectivity index (χ2n) is 4.24. The SMILES string of the molecule is C#CCOc1ccc(C(=O)N2CCOCC2C#N)cc1. The largest absolute Gasteiger partial charge is 0.481 e. The maximum absolute atomic E-state index is 12.3. The molecule has 1 amide bonds. The van der Waals surface area contributed by atoms with Crippen LogP contribution in [0.2, 0.25) is 0 Å². The van der Waals surface area contributed by atoms with Gasteiger partial charge in [-0.25, -0.2) is 0 Å². The number of nitrogens with zero attached hydrogens (tertiary/aromatic N) is 2. The van der Waals surface area contributed by atoms with Gasteiger partial charge in [0.15, 0.2) is 0 Å². The maximum atomic E-state index is 12.3. The summed E-state index contributed by atoms with van der Waals surface area (Å²) in [5.41, 5.74) is 0.514. The normalized spacial score (nSPS) is 17.9. The number of terminal acetylenes is 1. The topological polar surface area (TPSA) is 62.6 Å². The van der Waals surface area contributed by atoms with Crippen LogP contribution in [0.3, 0.4) is 0 Å². The molecule has 0 aromatic heterocycles. The zero-order valence-electron chi connectivity index (χ0n) is 10.9. The molecular formula is C15H14N2O3. The van der Waals surface area contributed by atoms with Crippen LogP contribution in [0.5, 0.6) is 5.75 Å². The molecule has 0 aliphatic carbocycles. The Morgan fingerprint density at radius 3 is 2.90 bits per heavy atom. The van der Waals surface area contributed by atoms with Crippen LogP contribution in [-0.4, -0.2) is 43.2 Å². The van der Waals surface area contributed by atoms with E-state index in [1.54, 1.807) is 24.3 Å². The summed E-state index contributed by atoms with van der Waals surface area (Å²) in [7, 11) is 0. The molecule has 1 aromatic rings. The van der Waals surface area contributed by atoms with Crippen LogP contribution in [0.4, 0.5) is 0 Å². The molecule has 1 fully saturated rings. The highest BCUT2D eigenvalue weighted by Crippen LogP contribution is 2.16. The summed E-state index contributed by atoms with van der Waals surface area (Å²) in [6.07, 6.45) is 5.10. The summed E-state index contributed by atoms with van der Waals surface area (Å²) in [4.78, 5) is 13.9. The van der Waals surface area contributed by atoms with Gasteiger partial charge >= 0.3 is 0 Å². The zero-order chi connectivity index (χ0) is 14.4. The van der Waals surface area contributed by atoms with E-state index >= 15 is 0 Å². The molecular weight excluding hydrogens is 256 g/mol. The van der Waals surface area contributed by atoms with Crippen molar-refractivity contribution in [3.8, 4) is 24.2 Å². The minimum Gasteiger partial charge on any atom is -0.481 e. The highest BCUT2D eigenvalue weighted by molar-refractivity contribution is 5.94. The van der Waals surface area contributed by atoms with E-state index in [4.69, 9.17) is 21.2 Å². The van der Waals surface area contributed by atoms with Crippen molar-refractivity contribution in [1.29, 1.82) is 5.26 Å². The number of amides is 1. The smallest absolute Gasteiger partial charge is 0.255 e. The van der Waals surface area contributed by atoms with E-state index in [1.165, 1.54) is 4.90 Å². The summed E-state index contributed by atoms with van der Waals surface area (Å²) in [6.45, 7) is 1.32. The summed E-state index contributed by atoms with van der Waals surface area (Å²) < 4.78 is 10.4. The zero-order valence-corrected chi connectivity index (χ0v) is 10.9. The Labute approximate surface area is 117 Å². The molecule has 1 saturated heterocycles. The lowest BCUT2D eigenvalue weighted by Crippen LogP contribution is -2.47. The Morgan fingerprint density at radius 2 is 2.25 bits per heavy atom. The number of rotatable bonds is 3. The van der Waals surface area contributed by atoms with Crippen LogP contribution in [0, 0.1) is 23.7 Å². The fourth-order valence-corrected chi connectivity index (χ4v) is 1.94. The van der Waals surface area contributed by atoms with E-state index in [0.717, 1.165) is 0 Å². The molecule has 0 saturated carbocycles. The molecule has 20 heavy (non-hydrogen) atoms. The second kappa shape index (κ2) is 6.60. The van der Waals surface area contributed by atoms with Gasteiger partial charge in [0, 0.05) is 12.1 Å². The number of hydrogen-bond donors (Lipinski definition) is 0. The fourth-order valence-electron chi connectivity index (χ4n) is 1.94. The first-order chi connectivity index (χ1) is 9.76. The third-order valence-electron chi connectivity index (χ3n) is 2.96. The van der Waals surface area contributed by atoms with E-state index in [0.29, 0.717) is 24.5 Å². The van der Waals surface area contributed by atoms with Crippen molar-refractivity contribution in [3.05, 3.63) is 29.8 Å². The van der Waals surface area contributed by atoms with Gasteiger partial charge in [0.2, 0.25) is 0 Å². The van der Waals surface area contributed by atoms with Crippen molar-refractivity contribution in [2.45, 2.75) is 6.04 Å². The van der Waals surface area contributed by atoms with Crippen molar-refractivity contribution >= 4 is 5.91 Å². The summed E-state index contributed by atoms with van der Waals surface area (Å²) in [5, 5.41) is 9.04. The minimum absolute atomic E-state index is 0.177. The lowest BCUT2D eigenvalue weighted by molar-refractivity contribution is 0.0132. The average Bonchev–Trinajstić information content (AvgIpc) is 2.52. The predicted molar refractivity (Wildman–Crippen MR) is 72.0 cm³/mol. The Hall–Kier alpha value is -2.50. The summed E-state index contributed by atoms with van der Waals surface area (Å²) in [5.74, 6) is 2.80. The van der Waals surface area contributed by atoms with Crippen LogP contribution in [0.1, 0.15) is 10.4 Å². The Bertz CT molecular complexity index is 554. The van der Waals surface area contributed by atoms with Gasteiger partial charge in [0.05, 0.1) is 19.3 Å². The number of hydrogen-bond acceptors (Lipinski definition) is 4. The Balaban J connectivity index is 2.09. The highest BCUT2D eigenvalue weighted by atomic mass is 16.5. The molecule has 1 aliphatic rings. The summed E-state index contributed by atoms with van der Waals surface area (Å²) in [6, 6.07) is 8.25. The van der Waals surface area contributed by atoms with Crippen LogP contribution < -0.4 is 4.74 Å². The lowest BCUT2D eigenvalue weighted by Gasteiger charge is -2.31. The number of morpholine rings is 1. The first-order valence-corrected chi connectivity index (χ1v) is 6.21. The van der Waals surface area contributed by atoms with E-state index in [-0.39, 0.29) is 19.1 Å². The van der Waals surface area contributed by atoms with Crippen molar-refractivity contribution < 1.29 is 14.3 Å². The van der Waals surface area contributed by atoms with Gasteiger partial charge in [-0.3, -0.25) is 4.79 Å². The van der Waals surface area contributed by atoms with E-state index < -0.39 is 6.04 Å². The molecule has 0 N–H and O–H groups in total. The van der Waals surface area contributed by atoms with Crippen molar-refractivity contribution in [2.75, 3.05) is 26.4 Å². The van der Waals surface area contributed by atoms with Gasteiger partial charge in [-0.2, -0.15) is 5.26 Å². The molecule has 1 heterocycles. The number of carbonyl (C=O) groups excluding carboxylic acids is 1. The molecule has 0 radical (unpaired) electrons. The molecule has 2 rings (SSSR count). The Morgan fingerprint density at radius 1 is 1.50 bits per heavy atom. The van der Waals surface area contributed by atoms with Gasteiger partial charge < -0.3 is 14.4 Å². The van der Waals surface area contributed by atoms with Gasteiger partial charge in [0.25, 0.3) is 5.91 Å². The molecule has 102 valence electrons. The highest BCUT2D eigenvalue weighted by Gasteiger charge is 2.27. The number of benzene rings is 1. The van der Waals surface area contributed by atoms with E-state index in [1.807, 2.05) is 0 Å². The number of carbonyl (C=O) groups is 1. The van der Waals surface area contributed by atoms with Crippen LogP contribution in [0.15, 0.2) is 24.3 Å². The van der Waals surface area contributed by atoms with Gasteiger partial charge in [-0.1, -0.05) is 5.92 Å². The maximum Gasteiger partial charge on any atom is 0.255 e. The average molecular weight is 270 g/mol. The van der Waals surface area contributed by atoms with Crippen molar-refractivity contribution in [3.63, 3.8) is 0 Å². The van der Waals surface area contributed by atoms with Crippen molar-refractivity contribution in [1.82, 2.24) is 4.90 Å². The first-order valence-electron chi connectivity index (χ1n) is 6.21. The minimum atomic E-state index is -0.534. The van der Waals surface area contributed by atoms with E-state index in [9.17, 15) is 4.79 Å². The monoisotopic (exact) mass is 270 g/mol. The fraction of sp³-hybridized carbons (Fsp3) is 0.333. The van der Waals surface area contributed by atoms with Gasteiger partial charge in [-0.15, -0.1) is 6.42 Å². The third kappa shape index (κ3) is 3.09. The van der Waals surface area contributed by atoms with Crippen molar-refractivity contribution in [2.24, 2.45) is 0 Å². The predicted octanol–water partition coefficient (Wildman–Crippen LogP) is 1.06. The lowest BCUT2D eigenvalue weighted by atomic mass is 10.1. The molecule has 1 unspecified atom stereocenters. The molecule has 5 nitrogen and oxygen atoms in total. The quantitative estimate of drug-likeness (QED) is 0.771. The number of ether oxygens (including phenoxy) is 2. The molecule has 0 spiro atoms. The first kappa shape index (κ1) is 13.9. The number of nitriles is 1. The third-order valence-corrected chi connectivity index (χ3v) is 2.96. The molecule has 1 aliphatic heterocycles. The molecule has 0 bridgehead atoms. The van der Waals surface area contributed by atoms with Gasteiger partial charge in [-0.05, 0) is 24.3 Å². The van der Waals surface area contributed by atoms with E-state index in [2.05, 4.69) is 12.0 Å². The van der Waals surface area contributed by atoms with Crippen LogP contribution in [-0.2, 0) is 4.74 Å². The summed E-state index contributed by atoms with van der Waals surface area (Å²) >= 11 is 0. The van der Waals surface area contributed by atoms with Gasteiger partial charge in [0.1, 0.15) is 18.4 Å². The molecule has 1 atom stereocenters. The molecule has 5 heteroatoms. The Kier molecular flexibility index (Phi) is 4.60. The molecule has 1 aromatic carbocycles. The second-order valence-corrected chi connectivity index (χ2v) is 4.24. The standard InChI is InChI=1S/C15H14N2O3/c1-2-8-20-14-5-3-12(4-6-14)15(18)17-7-9-19-11-13(17)10-16/h1,3-6,13H,7-9,11H2. The van der Waals surface area contributed by atoms with Crippen LogP contribution in [0.25, 0.3) is 0 Å². The van der Waals surface area contributed by atoms with Crippen LogP contribution >= 0.6 is 0 Å².